The number of nitrogens with zero attached hydrogens (tertiary/aromatic N) is 1. The van der Waals surface area contributed by atoms with Crippen molar-refractivity contribution < 1.29 is 8.76 Å². The molecule has 1 rings (SSSR count). The highest BCUT2D eigenvalue weighted by Gasteiger charge is 1.97. The van der Waals surface area contributed by atoms with Gasteiger partial charge in [-0.15, -0.1) is 0 Å². The summed E-state index contributed by atoms with van der Waals surface area (Å²) in [6.07, 6.45) is 0. The van der Waals surface area contributed by atoms with Crippen LogP contribution in [0.4, 0.5) is 5.69 Å². The van der Waals surface area contributed by atoms with E-state index in [1.165, 1.54) is 24.3 Å². The summed E-state index contributed by atoms with van der Waals surface area (Å²) in [6, 6.07) is 5.94. The van der Waals surface area contributed by atoms with Gasteiger partial charge in [0.2, 0.25) is 0 Å². The zero-order chi connectivity index (χ0) is 8.27. The second kappa shape index (κ2) is 3.28. The van der Waals surface area contributed by atoms with Crippen molar-refractivity contribution in [3.05, 3.63) is 35.7 Å². The Bertz CT molecular complexity index is 312. The summed E-state index contributed by atoms with van der Waals surface area (Å²) in [5.74, 6) is 0. The first-order chi connectivity index (χ1) is 5.24. The molecule has 4 heteroatoms. The Hall–Kier alpha value is -1.18. The van der Waals surface area contributed by atoms with Gasteiger partial charge >= 0.3 is 0 Å². The number of benzene rings is 1. The highest BCUT2D eigenvalue weighted by molar-refractivity contribution is 7.79. The van der Waals surface area contributed by atoms with Gasteiger partial charge in [-0.3, -0.25) is 0 Å². The Morgan fingerprint density at radius 3 is 2.27 bits per heavy atom. The van der Waals surface area contributed by atoms with Crippen LogP contribution in [0.15, 0.2) is 29.2 Å². The molecule has 1 atom stereocenters. The standard InChI is InChI=1S/C7H5NO2S/c1-8-6-2-4-7(5-3-6)11(9)10/h2-5H,(H,9,10). The van der Waals surface area contributed by atoms with Gasteiger partial charge in [-0.1, -0.05) is 24.3 Å². The van der Waals surface area contributed by atoms with Crippen molar-refractivity contribution in [2.45, 2.75) is 4.90 Å². The molecule has 0 aromatic heterocycles. The fourth-order valence-corrected chi connectivity index (χ4v) is 1.01. The summed E-state index contributed by atoms with van der Waals surface area (Å²) in [4.78, 5) is 3.46. The van der Waals surface area contributed by atoms with Crippen LogP contribution < -0.4 is 0 Å². The molecular formula is C7H5NO2S. The minimum atomic E-state index is -1.94. The molecule has 0 bridgehead atoms. The Morgan fingerprint density at radius 1 is 1.36 bits per heavy atom. The van der Waals surface area contributed by atoms with Crippen LogP contribution >= 0.6 is 0 Å². The van der Waals surface area contributed by atoms with Gasteiger partial charge in [-0.05, 0) is 0 Å². The summed E-state index contributed by atoms with van der Waals surface area (Å²) in [5, 5.41) is 0. The summed E-state index contributed by atoms with van der Waals surface area (Å²) in [7, 11) is 0. The van der Waals surface area contributed by atoms with Crippen molar-refractivity contribution in [2.75, 3.05) is 0 Å². The molecule has 3 nitrogen and oxygen atoms in total. The number of rotatable bonds is 1. The van der Waals surface area contributed by atoms with Crippen LogP contribution in [-0.4, -0.2) is 8.76 Å². The van der Waals surface area contributed by atoms with Gasteiger partial charge in [0.1, 0.15) is 0 Å². The SMILES string of the molecule is [C-]#[N+]c1ccc(S(=O)O)cc1. The van der Waals surface area contributed by atoms with E-state index in [2.05, 4.69) is 4.85 Å². The second-order valence-electron chi connectivity index (χ2n) is 1.85. The highest BCUT2D eigenvalue weighted by atomic mass is 32.2. The van der Waals surface area contributed by atoms with Crippen molar-refractivity contribution in [1.29, 1.82) is 0 Å². The third kappa shape index (κ3) is 1.87. The van der Waals surface area contributed by atoms with E-state index in [1.54, 1.807) is 0 Å². The molecule has 1 aromatic carbocycles. The molecule has 0 amide bonds. The van der Waals surface area contributed by atoms with Crippen molar-refractivity contribution in [3.63, 3.8) is 0 Å². The predicted octanol–water partition coefficient (Wildman–Crippen LogP) is 1.82. The zero-order valence-electron chi connectivity index (χ0n) is 5.52. The van der Waals surface area contributed by atoms with Crippen molar-refractivity contribution >= 4 is 16.8 Å². The van der Waals surface area contributed by atoms with Crippen molar-refractivity contribution in [1.82, 2.24) is 0 Å². The first-order valence-corrected chi connectivity index (χ1v) is 3.93. The van der Waals surface area contributed by atoms with E-state index >= 15 is 0 Å². The average Bonchev–Trinajstić information content (AvgIpc) is 2.05. The normalized spacial score (nSPS) is 12.0. The van der Waals surface area contributed by atoms with Gasteiger partial charge in [0.05, 0.1) is 11.5 Å². The van der Waals surface area contributed by atoms with Gasteiger partial charge in [0.25, 0.3) is 0 Å². The fraction of sp³-hybridized carbons (Fsp3) is 0. The smallest absolute Gasteiger partial charge is 0.187 e. The maximum atomic E-state index is 10.4. The molecule has 0 radical (unpaired) electrons. The summed E-state index contributed by atoms with van der Waals surface area (Å²) in [6.45, 7) is 6.61. The lowest BCUT2D eigenvalue weighted by Gasteiger charge is -1.92. The van der Waals surface area contributed by atoms with E-state index in [9.17, 15) is 4.21 Å². The van der Waals surface area contributed by atoms with Gasteiger partial charge in [-0.2, -0.15) is 0 Å². The van der Waals surface area contributed by atoms with E-state index in [-0.39, 0.29) is 0 Å². The van der Waals surface area contributed by atoms with E-state index in [1.807, 2.05) is 0 Å². The Balaban J connectivity index is 3.03. The van der Waals surface area contributed by atoms with E-state index in [0.29, 0.717) is 10.6 Å². The molecule has 0 saturated heterocycles. The topological polar surface area (TPSA) is 41.7 Å². The third-order valence-electron chi connectivity index (χ3n) is 1.17. The van der Waals surface area contributed by atoms with Gasteiger partial charge < -0.3 is 4.55 Å². The summed E-state index contributed by atoms with van der Waals surface area (Å²) in [5.41, 5.74) is 0.471. The largest absolute Gasteiger partial charge is 0.302 e. The molecule has 0 heterocycles. The first-order valence-electron chi connectivity index (χ1n) is 2.82. The second-order valence-corrected chi connectivity index (χ2v) is 2.82. The predicted molar refractivity (Wildman–Crippen MR) is 41.7 cm³/mol. The minimum Gasteiger partial charge on any atom is -0.302 e. The molecule has 0 spiro atoms. The molecule has 56 valence electrons. The monoisotopic (exact) mass is 167 g/mol. The molecule has 11 heavy (non-hydrogen) atoms. The van der Waals surface area contributed by atoms with Crippen molar-refractivity contribution in [3.8, 4) is 0 Å². The number of hydrogen-bond donors (Lipinski definition) is 1. The molecule has 0 aliphatic carbocycles. The molecular weight excluding hydrogens is 162 g/mol. The summed E-state index contributed by atoms with van der Waals surface area (Å²) >= 11 is -1.94. The molecule has 0 saturated carbocycles. The molecule has 1 unspecified atom stereocenters. The Kier molecular flexibility index (Phi) is 2.36. The lowest BCUT2D eigenvalue weighted by Crippen LogP contribution is -1.85. The Labute approximate surface area is 66.8 Å². The van der Waals surface area contributed by atoms with Gasteiger partial charge in [0.15, 0.2) is 16.8 Å². The highest BCUT2D eigenvalue weighted by Crippen LogP contribution is 2.13. The quantitative estimate of drug-likeness (QED) is 0.512. The van der Waals surface area contributed by atoms with Crippen LogP contribution in [0.1, 0.15) is 0 Å². The van der Waals surface area contributed by atoms with E-state index < -0.39 is 11.1 Å². The molecule has 0 aliphatic rings. The fourth-order valence-electron chi connectivity index (χ4n) is 0.637. The summed E-state index contributed by atoms with van der Waals surface area (Å²) < 4.78 is 19.0. The molecule has 0 fully saturated rings. The molecule has 1 aromatic rings. The lowest BCUT2D eigenvalue weighted by molar-refractivity contribution is 0.564. The lowest BCUT2D eigenvalue weighted by atomic mass is 10.3. The zero-order valence-corrected chi connectivity index (χ0v) is 6.34. The number of hydrogen-bond acceptors (Lipinski definition) is 1. The van der Waals surface area contributed by atoms with E-state index in [0.717, 1.165) is 0 Å². The molecule has 0 aliphatic heterocycles. The van der Waals surface area contributed by atoms with Gasteiger partial charge in [-0.25, -0.2) is 9.05 Å². The first kappa shape index (κ1) is 7.92. The minimum absolute atomic E-state index is 0.317. The van der Waals surface area contributed by atoms with Crippen molar-refractivity contribution in [2.24, 2.45) is 0 Å². The van der Waals surface area contributed by atoms with Gasteiger partial charge in [0, 0.05) is 0 Å². The van der Waals surface area contributed by atoms with Crippen LogP contribution in [0.5, 0.6) is 0 Å². The third-order valence-corrected chi connectivity index (χ3v) is 1.84. The van der Waals surface area contributed by atoms with Crippen LogP contribution in [0.25, 0.3) is 4.85 Å². The van der Waals surface area contributed by atoms with E-state index in [4.69, 9.17) is 11.1 Å². The molecule has 1 N–H and O–H groups in total. The van der Waals surface area contributed by atoms with Crippen LogP contribution in [-0.2, 0) is 11.1 Å². The maximum absolute atomic E-state index is 10.4. The maximum Gasteiger partial charge on any atom is 0.187 e. The average molecular weight is 167 g/mol. The van der Waals surface area contributed by atoms with Crippen LogP contribution in [0, 0.1) is 6.57 Å². The van der Waals surface area contributed by atoms with Crippen LogP contribution in [0.3, 0.4) is 0 Å². The Morgan fingerprint density at radius 2 is 1.91 bits per heavy atom. The van der Waals surface area contributed by atoms with Crippen LogP contribution in [0.2, 0.25) is 0 Å².